The van der Waals surface area contributed by atoms with E-state index in [0.29, 0.717) is 16.9 Å². The Morgan fingerprint density at radius 2 is 1.75 bits per heavy atom. The van der Waals surface area contributed by atoms with Gasteiger partial charge in [0.15, 0.2) is 0 Å². The van der Waals surface area contributed by atoms with Crippen LogP contribution in [-0.2, 0) is 14.4 Å². The third-order valence-corrected chi connectivity index (χ3v) is 4.58. The molecule has 144 valence electrons. The number of carbonyl (C=O) groups excluding carboxylic acids is 3. The number of likely N-dealkylation sites (tertiary alicyclic amines) is 1. The molecule has 1 heterocycles. The summed E-state index contributed by atoms with van der Waals surface area (Å²) in [6.45, 7) is -0.235. The predicted molar refractivity (Wildman–Crippen MR) is 98.1 cm³/mol. The summed E-state index contributed by atoms with van der Waals surface area (Å²) < 4.78 is 5.35. The van der Waals surface area contributed by atoms with E-state index in [-0.39, 0.29) is 17.9 Å². The van der Waals surface area contributed by atoms with Gasteiger partial charge in [-0.15, -0.1) is 0 Å². The number of ketones is 1. The van der Waals surface area contributed by atoms with Crippen LogP contribution in [0.5, 0.6) is 5.75 Å². The molecule has 0 saturated carbocycles. The Balaban J connectivity index is 2.20. The molecule has 0 aromatic heterocycles. The van der Waals surface area contributed by atoms with Crippen LogP contribution in [0.1, 0.15) is 23.6 Å². The zero-order chi connectivity index (χ0) is 20.3. The highest BCUT2D eigenvalue weighted by molar-refractivity contribution is 6.46. The number of para-hydroxylation sites is 1. The molecule has 1 saturated heterocycles. The van der Waals surface area contributed by atoms with Crippen molar-refractivity contribution in [2.45, 2.75) is 12.5 Å². The topological polar surface area (TPSA) is 107 Å². The van der Waals surface area contributed by atoms with Crippen molar-refractivity contribution < 1.29 is 29.3 Å². The van der Waals surface area contributed by atoms with Crippen molar-refractivity contribution in [1.29, 1.82) is 0 Å². The summed E-state index contributed by atoms with van der Waals surface area (Å²) >= 11 is 0. The van der Waals surface area contributed by atoms with Gasteiger partial charge in [-0.3, -0.25) is 9.59 Å². The smallest absolute Gasteiger partial charge is 0.295 e. The maximum atomic E-state index is 12.7. The lowest BCUT2D eigenvalue weighted by Gasteiger charge is -2.26. The molecule has 0 spiro atoms. The summed E-state index contributed by atoms with van der Waals surface area (Å²) in [7, 11) is 1.45. The molecule has 0 unspecified atom stereocenters. The van der Waals surface area contributed by atoms with Gasteiger partial charge in [0.25, 0.3) is 11.7 Å². The minimum Gasteiger partial charge on any atom is -0.550 e. The number of carboxylic acid groups (broad SMARTS) is 1. The molecule has 2 aromatic carbocycles. The van der Waals surface area contributed by atoms with Crippen LogP contribution in [0.15, 0.2) is 60.2 Å². The fraction of sp³-hybridized carbons (Fsp3) is 0.190. The van der Waals surface area contributed by atoms with Crippen molar-refractivity contribution >= 4 is 23.4 Å². The van der Waals surface area contributed by atoms with E-state index in [2.05, 4.69) is 0 Å². The van der Waals surface area contributed by atoms with E-state index in [9.17, 15) is 24.6 Å². The summed E-state index contributed by atoms with van der Waals surface area (Å²) in [5.74, 6) is -3.02. The summed E-state index contributed by atoms with van der Waals surface area (Å²) in [5, 5.41) is 21.7. The zero-order valence-corrected chi connectivity index (χ0v) is 15.1. The Morgan fingerprint density at radius 3 is 2.39 bits per heavy atom. The second-order valence-corrected chi connectivity index (χ2v) is 6.22. The number of Topliss-reactive ketones (excluding diaryl/α,β-unsaturated/α-hetero) is 1. The molecule has 1 aliphatic rings. The number of methoxy groups -OCH3 is 1. The van der Waals surface area contributed by atoms with Crippen LogP contribution in [0, 0.1) is 0 Å². The van der Waals surface area contributed by atoms with Gasteiger partial charge in [-0.2, -0.15) is 0 Å². The standard InChI is InChI=1S/C21H19NO6/c1-28-15-10-6-5-9-14(15)18-17(19(25)13-7-3-2-4-8-13)20(26)21(27)22(18)12-11-16(23)24/h2-10,18,25H,11-12H2,1H3,(H,23,24)/p-1/t18-/m0/s1. The highest BCUT2D eigenvalue weighted by Crippen LogP contribution is 2.42. The molecular formula is C21H18NO6-. The van der Waals surface area contributed by atoms with Gasteiger partial charge in [-0.25, -0.2) is 0 Å². The maximum Gasteiger partial charge on any atom is 0.295 e. The van der Waals surface area contributed by atoms with Gasteiger partial charge in [0.05, 0.1) is 18.7 Å². The summed E-state index contributed by atoms with van der Waals surface area (Å²) in [5.41, 5.74) is 0.736. The van der Waals surface area contributed by atoms with Crippen molar-refractivity contribution in [2.75, 3.05) is 13.7 Å². The van der Waals surface area contributed by atoms with Crippen LogP contribution >= 0.6 is 0 Å². The van der Waals surface area contributed by atoms with Gasteiger partial charge in [-0.1, -0.05) is 48.5 Å². The lowest BCUT2D eigenvalue weighted by atomic mass is 9.94. The Morgan fingerprint density at radius 1 is 1.11 bits per heavy atom. The third kappa shape index (κ3) is 3.46. The van der Waals surface area contributed by atoms with Gasteiger partial charge >= 0.3 is 0 Å². The van der Waals surface area contributed by atoms with E-state index in [0.717, 1.165) is 4.90 Å². The number of carboxylic acids is 1. The normalized spacial score (nSPS) is 18.3. The van der Waals surface area contributed by atoms with Gasteiger partial charge in [-0.05, 0) is 6.07 Å². The minimum atomic E-state index is -1.34. The van der Waals surface area contributed by atoms with Crippen molar-refractivity contribution in [1.82, 2.24) is 4.90 Å². The average Bonchev–Trinajstić information content (AvgIpc) is 2.96. The molecule has 1 amide bonds. The monoisotopic (exact) mass is 380 g/mol. The maximum absolute atomic E-state index is 12.7. The highest BCUT2D eigenvalue weighted by atomic mass is 16.5. The number of benzene rings is 2. The molecule has 0 bridgehead atoms. The first kappa shape index (κ1) is 19.2. The number of aliphatic hydroxyl groups is 1. The number of rotatable bonds is 6. The number of aliphatic carboxylic acids is 1. The number of hydrogen-bond donors (Lipinski definition) is 1. The molecule has 1 aliphatic heterocycles. The molecule has 2 aromatic rings. The molecule has 28 heavy (non-hydrogen) atoms. The van der Waals surface area contributed by atoms with Crippen molar-refractivity contribution in [3.05, 3.63) is 71.3 Å². The Bertz CT molecular complexity index is 950. The van der Waals surface area contributed by atoms with Crippen LogP contribution in [0.3, 0.4) is 0 Å². The molecular weight excluding hydrogens is 362 g/mol. The van der Waals surface area contributed by atoms with E-state index in [4.69, 9.17) is 4.74 Å². The average molecular weight is 380 g/mol. The highest BCUT2D eigenvalue weighted by Gasteiger charge is 2.46. The number of ether oxygens (including phenoxy) is 1. The first-order valence-electron chi connectivity index (χ1n) is 8.62. The van der Waals surface area contributed by atoms with Gasteiger partial charge < -0.3 is 24.6 Å². The number of hydrogen-bond acceptors (Lipinski definition) is 6. The minimum absolute atomic E-state index is 0.112. The Kier molecular flexibility index (Phi) is 5.44. The van der Waals surface area contributed by atoms with E-state index in [1.54, 1.807) is 54.6 Å². The molecule has 1 N–H and O–H groups in total. The second-order valence-electron chi connectivity index (χ2n) is 6.22. The van der Waals surface area contributed by atoms with Crippen LogP contribution in [0.2, 0.25) is 0 Å². The summed E-state index contributed by atoms with van der Waals surface area (Å²) in [6.07, 6.45) is -0.440. The largest absolute Gasteiger partial charge is 0.550 e. The number of carbonyl (C=O) groups is 3. The van der Waals surface area contributed by atoms with Gasteiger partial charge in [0, 0.05) is 30.1 Å². The molecule has 3 rings (SSSR count). The lowest BCUT2D eigenvalue weighted by molar-refractivity contribution is -0.305. The fourth-order valence-corrected chi connectivity index (χ4v) is 3.29. The molecule has 7 heteroatoms. The van der Waals surface area contributed by atoms with Crippen molar-refractivity contribution in [3.8, 4) is 5.75 Å². The Labute approximate surface area is 161 Å². The van der Waals surface area contributed by atoms with E-state index >= 15 is 0 Å². The number of amides is 1. The number of aliphatic hydroxyl groups excluding tert-OH is 1. The van der Waals surface area contributed by atoms with Crippen LogP contribution in [-0.4, -0.2) is 41.3 Å². The van der Waals surface area contributed by atoms with E-state index < -0.39 is 30.1 Å². The molecule has 0 radical (unpaired) electrons. The SMILES string of the molecule is COc1ccccc1[C@H]1C(=C(O)c2ccccc2)C(=O)C(=O)N1CCC(=O)[O-]. The molecule has 0 aliphatic carbocycles. The van der Waals surface area contributed by atoms with Crippen LogP contribution < -0.4 is 9.84 Å². The summed E-state index contributed by atoms with van der Waals surface area (Å²) in [6, 6.07) is 14.2. The zero-order valence-electron chi connectivity index (χ0n) is 15.1. The van der Waals surface area contributed by atoms with E-state index in [1.807, 2.05) is 0 Å². The molecule has 1 fully saturated rings. The number of nitrogens with zero attached hydrogens (tertiary/aromatic N) is 1. The predicted octanol–water partition coefficient (Wildman–Crippen LogP) is 1.26. The van der Waals surface area contributed by atoms with E-state index in [1.165, 1.54) is 7.11 Å². The first-order valence-corrected chi connectivity index (χ1v) is 8.62. The molecule has 1 atom stereocenters. The van der Waals surface area contributed by atoms with Gasteiger partial charge in [0.2, 0.25) is 0 Å². The fourth-order valence-electron chi connectivity index (χ4n) is 3.29. The van der Waals surface area contributed by atoms with Crippen LogP contribution in [0.25, 0.3) is 5.76 Å². The second kappa shape index (κ2) is 7.96. The van der Waals surface area contributed by atoms with Gasteiger partial charge in [0.1, 0.15) is 11.5 Å². The summed E-state index contributed by atoms with van der Waals surface area (Å²) in [4.78, 5) is 37.4. The molecule has 7 nitrogen and oxygen atoms in total. The quantitative estimate of drug-likeness (QED) is 0.459. The van der Waals surface area contributed by atoms with Crippen LogP contribution in [0.4, 0.5) is 0 Å². The first-order chi connectivity index (χ1) is 13.5. The van der Waals surface area contributed by atoms with Crippen molar-refractivity contribution in [2.24, 2.45) is 0 Å². The third-order valence-electron chi connectivity index (χ3n) is 4.58. The lowest BCUT2D eigenvalue weighted by Crippen LogP contribution is -2.34. The van der Waals surface area contributed by atoms with Crippen molar-refractivity contribution in [3.63, 3.8) is 0 Å². The Hall–Kier alpha value is -3.61.